The zero-order valence-electron chi connectivity index (χ0n) is 19.5. The largest absolute Gasteiger partial charge is 0.450 e. The van der Waals surface area contributed by atoms with Crippen LogP contribution >= 0.6 is 0 Å². The standard InChI is InChI=1S/C26H33FN2O3/c1-16(2)19-13-20(18-9-8-12-29(15-18)25(30)17(3)4)23(27)21-14-22(32-24(19)21)26(31)28-10-6-5-7-11-28/h9,13-14,16-17H,5-8,10-12,15H2,1-4H3. The number of hydrogen-bond donors (Lipinski definition) is 0. The predicted octanol–water partition coefficient (Wildman–Crippen LogP) is 5.59. The molecule has 0 bridgehead atoms. The van der Waals surface area contributed by atoms with E-state index in [-0.39, 0.29) is 35.2 Å². The number of likely N-dealkylation sites (tertiary alicyclic amines) is 1. The SMILES string of the molecule is CC(C)C(=O)N1CCC=C(c2cc(C(C)C)c3oc(C(=O)N4CCCCC4)cc3c2F)C1. The van der Waals surface area contributed by atoms with Gasteiger partial charge in [0.2, 0.25) is 5.91 Å². The molecule has 0 saturated carbocycles. The highest BCUT2D eigenvalue weighted by molar-refractivity contribution is 5.98. The number of hydrogen-bond acceptors (Lipinski definition) is 3. The van der Waals surface area contributed by atoms with Gasteiger partial charge in [0.15, 0.2) is 5.76 Å². The fourth-order valence-electron chi connectivity index (χ4n) is 4.71. The molecule has 4 rings (SSSR count). The first-order chi connectivity index (χ1) is 15.3. The molecule has 6 heteroatoms. The van der Waals surface area contributed by atoms with E-state index >= 15 is 4.39 Å². The zero-order valence-corrected chi connectivity index (χ0v) is 19.5. The van der Waals surface area contributed by atoms with Crippen molar-refractivity contribution in [2.75, 3.05) is 26.2 Å². The van der Waals surface area contributed by atoms with Crippen molar-refractivity contribution in [2.24, 2.45) is 5.92 Å². The first-order valence-electron chi connectivity index (χ1n) is 11.8. The predicted molar refractivity (Wildman–Crippen MR) is 124 cm³/mol. The second-order valence-corrected chi connectivity index (χ2v) is 9.62. The van der Waals surface area contributed by atoms with Crippen LogP contribution in [0.25, 0.3) is 16.5 Å². The van der Waals surface area contributed by atoms with E-state index in [0.717, 1.165) is 30.4 Å². The van der Waals surface area contributed by atoms with Crippen LogP contribution in [-0.2, 0) is 4.79 Å². The van der Waals surface area contributed by atoms with E-state index in [1.54, 1.807) is 15.9 Å². The molecular weight excluding hydrogens is 407 g/mol. The van der Waals surface area contributed by atoms with Crippen LogP contribution in [0.5, 0.6) is 0 Å². The number of carbonyl (C=O) groups is 2. The molecule has 0 radical (unpaired) electrons. The van der Waals surface area contributed by atoms with Crippen molar-refractivity contribution < 1.29 is 18.4 Å². The molecule has 0 N–H and O–H groups in total. The number of benzene rings is 1. The Balaban J connectivity index is 1.74. The lowest BCUT2D eigenvalue weighted by molar-refractivity contribution is -0.133. The van der Waals surface area contributed by atoms with Crippen LogP contribution in [0.3, 0.4) is 0 Å². The van der Waals surface area contributed by atoms with Gasteiger partial charge in [-0.05, 0) is 48.8 Å². The van der Waals surface area contributed by atoms with Gasteiger partial charge in [-0.3, -0.25) is 9.59 Å². The molecule has 2 aliphatic heterocycles. The zero-order chi connectivity index (χ0) is 23.0. The molecule has 1 fully saturated rings. The van der Waals surface area contributed by atoms with Gasteiger partial charge in [0.25, 0.3) is 5.91 Å². The third-order valence-corrected chi connectivity index (χ3v) is 6.55. The highest BCUT2D eigenvalue weighted by Gasteiger charge is 2.28. The van der Waals surface area contributed by atoms with Crippen molar-refractivity contribution in [3.05, 3.63) is 40.9 Å². The Hall–Kier alpha value is -2.63. The summed E-state index contributed by atoms with van der Waals surface area (Å²) in [6, 6.07) is 3.41. The summed E-state index contributed by atoms with van der Waals surface area (Å²) >= 11 is 0. The summed E-state index contributed by atoms with van der Waals surface area (Å²) in [6.07, 6.45) is 5.83. The van der Waals surface area contributed by atoms with E-state index in [2.05, 4.69) is 0 Å². The Morgan fingerprint density at radius 1 is 1.00 bits per heavy atom. The second-order valence-electron chi connectivity index (χ2n) is 9.62. The summed E-state index contributed by atoms with van der Waals surface area (Å²) in [4.78, 5) is 29.1. The molecule has 1 aromatic carbocycles. The minimum Gasteiger partial charge on any atom is -0.450 e. The van der Waals surface area contributed by atoms with Crippen LogP contribution in [0.1, 0.15) is 81.0 Å². The summed E-state index contributed by atoms with van der Waals surface area (Å²) < 4.78 is 21.7. The average Bonchev–Trinajstić information content (AvgIpc) is 3.24. The van der Waals surface area contributed by atoms with E-state index in [0.29, 0.717) is 49.1 Å². The molecule has 2 aliphatic rings. The van der Waals surface area contributed by atoms with E-state index in [4.69, 9.17) is 4.42 Å². The van der Waals surface area contributed by atoms with Gasteiger partial charge in [-0.25, -0.2) is 4.39 Å². The number of furan rings is 1. The topological polar surface area (TPSA) is 53.8 Å². The third-order valence-electron chi connectivity index (χ3n) is 6.55. The summed E-state index contributed by atoms with van der Waals surface area (Å²) in [6.45, 7) is 10.3. The molecule has 0 unspecified atom stereocenters. The van der Waals surface area contributed by atoms with Crippen molar-refractivity contribution in [1.82, 2.24) is 9.80 Å². The highest BCUT2D eigenvalue weighted by atomic mass is 19.1. The number of carbonyl (C=O) groups excluding carboxylic acids is 2. The fraction of sp³-hybridized carbons (Fsp3) is 0.538. The van der Waals surface area contributed by atoms with Gasteiger partial charge >= 0.3 is 0 Å². The van der Waals surface area contributed by atoms with E-state index in [1.807, 2.05) is 39.8 Å². The van der Waals surface area contributed by atoms with E-state index < -0.39 is 0 Å². The van der Waals surface area contributed by atoms with Crippen LogP contribution < -0.4 is 0 Å². The number of amides is 2. The Morgan fingerprint density at radius 3 is 2.38 bits per heavy atom. The average molecular weight is 441 g/mol. The van der Waals surface area contributed by atoms with Crippen LogP contribution in [-0.4, -0.2) is 47.8 Å². The van der Waals surface area contributed by atoms with Crippen molar-refractivity contribution in [1.29, 1.82) is 0 Å². The first-order valence-corrected chi connectivity index (χ1v) is 11.8. The second kappa shape index (κ2) is 9.08. The quantitative estimate of drug-likeness (QED) is 0.622. The molecule has 3 heterocycles. The van der Waals surface area contributed by atoms with Crippen LogP contribution in [0.15, 0.2) is 22.6 Å². The van der Waals surface area contributed by atoms with Crippen molar-refractivity contribution in [2.45, 2.75) is 59.3 Å². The van der Waals surface area contributed by atoms with Crippen LogP contribution in [0, 0.1) is 11.7 Å². The number of rotatable bonds is 4. The normalized spacial score (nSPS) is 17.4. The maximum absolute atomic E-state index is 15.8. The van der Waals surface area contributed by atoms with E-state index in [9.17, 15) is 9.59 Å². The van der Waals surface area contributed by atoms with Gasteiger partial charge in [0.05, 0.1) is 5.39 Å². The van der Waals surface area contributed by atoms with Gasteiger partial charge in [-0.1, -0.05) is 33.8 Å². The number of nitrogens with zero attached hydrogens (tertiary/aromatic N) is 2. The minimum atomic E-state index is -0.379. The molecule has 172 valence electrons. The molecule has 0 aliphatic carbocycles. The van der Waals surface area contributed by atoms with Gasteiger partial charge in [-0.15, -0.1) is 0 Å². The number of piperidine rings is 1. The highest BCUT2D eigenvalue weighted by Crippen LogP contribution is 2.36. The molecule has 2 aromatic rings. The van der Waals surface area contributed by atoms with E-state index in [1.165, 1.54) is 0 Å². The lowest BCUT2D eigenvalue weighted by atomic mass is 9.92. The monoisotopic (exact) mass is 440 g/mol. The summed E-state index contributed by atoms with van der Waals surface area (Å²) in [5.41, 5.74) is 2.65. The van der Waals surface area contributed by atoms with Gasteiger partial charge < -0.3 is 14.2 Å². The molecule has 1 aromatic heterocycles. The van der Waals surface area contributed by atoms with Gasteiger partial charge in [-0.2, -0.15) is 0 Å². The molecule has 0 spiro atoms. The molecule has 5 nitrogen and oxygen atoms in total. The smallest absolute Gasteiger partial charge is 0.289 e. The number of halogens is 1. The Kier molecular flexibility index (Phi) is 6.40. The molecular formula is C26H33FN2O3. The minimum absolute atomic E-state index is 0.0823. The lowest BCUT2D eigenvalue weighted by Gasteiger charge is -2.29. The fourth-order valence-corrected chi connectivity index (χ4v) is 4.71. The number of fused-ring (bicyclic) bond motifs is 1. The first kappa shape index (κ1) is 22.6. The molecule has 32 heavy (non-hydrogen) atoms. The van der Waals surface area contributed by atoms with Gasteiger partial charge in [0, 0.05) is 43.7 Å². The maximum Gasteiger partial charge on any atom is 0.289 e. The Morgan fingerprint density at radius 2 is 1.72 bits per heavy atom. The van der Waals surface area contributed by atoms with Crippen LogP contribution in [0.4, 0.5) is 4.39 Å². The van der Waals surface area contributed by atoms with Gasteiger partial charge in [0.1, 0.15) is 11.4 Å². The van der Waals surface area contributed by atoms with Crippen LogP contribution in [0.2, 0.25) is 0 Å². The molecule has 2 amide bonds. The van der Waals surface area contributed by atoms with Crippen molar-refractivity contribution in [3.8, 4) is 0 Å². The van der Waals surface area contributed by atoms with Crippen molar-refractivity contribution >= 4 is 28.4 Å². The summed E-state index contributed by atoms with van der Waals surface area (Å²) in [5.74, 6) is -0.255. The molecule has 0 atom stereocenters. The maximum atomic E-state index is 15.8. The van der Waals surface area contributed by atoms with Crippen molar-refractivity contribution in [3.63, 3.8) is 0 Å². The third kappa shape index (κ3) is 4.19. The lowest BCUT2D eigenvalue weighted by Crippen LogP contribution is -2.38. The molecule has 1 saturated heterocycles. The summed E-state index contributed by atoms with van der Waals surface area (Å²) in [5, 5.41) is 0.347. The Bertz CT molecular complexity index is 1060. The Labute approximate surface area is 189 Å². The summed E-state index contributed by atoms with van der Waals surface area (Å²) in [7, 11) is 0.